The summed E-state index contributed by atoms with van der Waals surface area (Å²) in [4.78, 5) is 35.1. The summed E-state index contributed by atoms with van der Waals surface area (Å²) in [5.74, 6) is 0.572. The molecule has 0 unspecified atom stereocenters. The van der Waals surface area contributed by atoms with E-state index in [4.69, 9.17) is 28.1 Å². The summed E-state index contributed by atoms with van der Waals surface area (Å²) in [6.45, 7) is -0.442. The number of carbonyl (C=O) groups excluding carboxylic acids is 1. The molecule has 3 aromatic carbocycles. The minimum absolute atomic E-state index is 0.0993. The standard InChI is InChI=1S/C24H19NO10/c1-30-19-11-17-21(23(32-3)22(19)31-2)16-9-8-15(10-18(16)35-24(17)27)34-20(26)12-33-14-6-4-13(5-7-14)25(28)29/h4-11H,12H2,1-3H3. The number of nitro groups is 1. The number of hydrogen-bond donors (Lipinski definition) is 0. The highest BCUT2D eigenvalue weighted by Crippen LogP contribution is 2.45. The highest BCUT2D eigenvalue weighted by molar-refractivity contribution is 6.10. The van der Waals surface area contributed by atoms with Gasteiger partial charge in [0.05, 0.1) is 31.6 Å². The molecule has 11 nitrogen and oxygen atoms in total. The number of non-ortho nitro benzene ring substituents is 1. The van der Waals surface area contributed by atoms with Crippen molar-refractivity contribution in [1.82, 2.24) is 0 Å². The van der Waals surface area contributed by atoms with E-state index >= 15 is 0 Å². The van der Waals surface area contributed by atoms with Gasteiger partial charge in [0.25, 0.3) is 5.69 Å². The van der Waals surface area contributed by atoms with Gasteiger partial charge in [0.2, 0.25) is 5.75 Å². The molecular weight excluding hydrogens is 462 g/mol. The fourth-order valence-electron chi connectivity index (χ4n) is 3.56. The van der Waals surface area contributed by atoms with Crippen LogP contribution in [-0.2, 0) is 4.79 Å². The molecule has 0 aliphatic rings. The lowest BCUT2D eigenvalue weighted by atomic mass is 10.0. The van der Waals surface area contributed by atoms with Crippen molar-refractivity contribution in [3.8, 4) is 28.7 Å². The first kappa shape index (κ1) is 23.4. The fourth-order valence-corrected chi connectivity index (χ4v) is 3.56. The molecule has 0 spiro atoms. The Balaban J connectivity index is 1.61. The second-order valence-electron chi connectivity index (χ2n) is 7.13. The minimum Gasteiger partial charge on any atom is -0.493 e. The topological polar surface area (TPSA) is 137 Å². The van der Waals surface area contributed by atoms with E-state index in [1.807, 2.05) is 0 Å². The van der Waals surface area contributed by atoms with Crippen LogP contribution in [0.4, 0.5) is 5.69 Å². The lowest BCUT2D eigenvalue weighted by molar-refractivity contribution is -0.384. The van der Waals surface area contributed by atoms with Crippen molar-refractivity contribution in [3.05, 3.63) is 69.1 Å². The van der Waals surface area contributed by atoms with Crippen molar-refractivity contribution in [2.75, 3.05) is 27.9 Å². The van der Waals surface area contributed by atoms with Gasteiger partial charge in [-0.05, 0) is 30.3 Å². The van der Waals surface area contributed by atoms with Crippen molar-refractivity contribution in [2.45, 2.75) is 0 Å². The molecule has 1 aromatic heterocycles. The number of fused-ring (bicyclic) bond motifs is 3. The summed E-state index contributed by atoms with van der Waals surface area (Å²) in [5.41, 5.74) is -0.579. The molecule has 0 saturated heterocycles. The molecule has 0 amide bonds. The van der Waals surface area contributed by atoms with Crippen LogP contribution in [0, 0.1) is 10.1 Å². The number of carbonyl (C=O) groups is 1. The van der Waals surface area contributed by atoms with E-state index in [1.54, 1.807) is 6.07 Å². The summed E-state index contributed by atoms with van der Waals surface area (Å²) in [7, 11) is 4.34. The fraction of sp³-hybridized carbons (Fsp3) is 0.167. The van der Waals surface area contributed by atoms with Crippen LogP contribution in [0.2, 0.25) is 0 Å². The number of esters is 1. The summed E-state index contributed by atoms with van der Waals surface area (Å²) >= 11 is 0. The Hall–Kier alpha value is -4.80. The summed E-state index contributed by atoms with van der Waals surface area (Å²) in [5, 5.41) is 11.9. The quantitative estimate of drug-likeness (QED) is 0.0911. The number of benzene rings is 3. The summed E-state index contributed by atoms with van der Waals surface area (Å²) in [6.07, 6.45) is 0. The van der Waals surface area contributed by atoms with E-state index < -0.39 is 23.1 Å². The number of hydrogen-bond acceptors (Lipinski definition) is 10. The molecule has 4 rings (SSSR count). The Kier molecular flexibility index (Phi) is 6.40. The van der Waals surface area contributed by atoms with Crippen molar-refractivity contribution in [2.24, 2.45) is 0 Å². The number of methoxy groups -OCH3 is 3. The summed E-state index contributed by atoms with van der Waals surface area (Å²) < 4.78 is 32.3. The minimum atomic E-state index is -0.727. The zero-order chi connectivity index (χ0) is 25.1. The van der Waals surface area contributed by atoms with E-state index in [9.17, 15) is 19.7 Å². The lowest BCUT2D eigenvalue weighted by Gasteiger charge is -2.15. The number of nitrogens with zero attached hydrogens (tertiary/aromatic N) is 1. The Morgan fingerprint density at radius 3 is 2.23 bits per heavy atom. The van der Waals surface area contributed by atoms with Gasteiger partial charge >= 0.3 is 11.6 Å². The molecule has 1 heterocycles. The monoisotopic (exact) mass is 481 g/mol. The number of nitro benzene ring substituents is 1. The number of rotatable bonds is 8. The lowest BCUT2D eigenvalue weighted by Crippen LogP contribution is -2.17. The maximum Gasteiger partial charge on any atom is 0.349 e. The zero-order valence-corrected chi connectivity index (χ0v) is 18.9. The van der Waals surface area contributed by atoms with Gasteiger partial charge < -0.3 is 28.1 Å². The first-order chi connectivity index (χ1) is 16.9. The van der Waals surface area contributed by atoms with Crippen molar-refractivity contribution in [3.63, 3.8) is 0 Å². The highest BCUT2D eigenvalue weighted by Gasteiger charge is 2.21. The van der Waals surface area contributed by atoms with E-state index in [1.165, 1.54) is 63.8 Å². The van der Waals surface area contributed by atoms with Gasteiger partial charge in [-0.2, -0.15) is 0 Å². The van der Waals surface area contributed by atoms with Gasteiger partial charge in [-0.15, -0.1) is 0 Å². The van der Waals surface area contributed by atoms with E-state index in [2.05, 4.69) is 0 Å². The maximum atomic E-state index is 12.7. The zero-order valence-electron chi connectivity index (χ0n) is 18.9. The molecule has 0 aliphatic heterocycles. The smallest absolute Gasteiger partial charge is 0.349 e. The molecule has 0 bridgehead atoms. The first-order valence-corrected chi connectivity index (χ1v) is 10.1. The third-order valence-corrected chi connectivity index (χ3v) is 5.11. The maximum absolute atomic E-state index is 12.7. The molecule has 0 N–H and O–H groups in total. The predicted molar refractivity (Wildman–Crippen MR) is 124 cm³/mol. The van der Waals surface area contributed by atoms with E-state index in [0.29, 0.717) is 28.0 Å². The first-order valence-electron chi connectivity index (χ1n) is 10.1. The van der Waals surface area contributed by atoms with Gasteiger partial charge in [-0.1, -0.05) is 0 Å². The predicted octanol–water partition coefficient (Wildman–Crippen LogP) is 3.86. The SMILES string of the molecule is COc1cc2c(=O)oc3cc(OC(=O)COc4ccc([N+](=O)[O-])cc4)ccc3c2c(OC)c1OC. The Labute approximate surface area is 197 Å². The van der Waals surface area contributed by atoms with Gasteiger partial charge in [0.15, 0.2) is 18.1 Å². The normalized spacial score (nSPS) is 10.7. The van der Waals surface area contributed by atoms with Crippen molar-refractivity contribution >= 4 is 33.4 Å². The molecule has 35 heavy (non-hydrogen) atoms. The van der Waals surface area contributed by atoms with Crippen molar-refractivity contribution < 1.29 is 37.8 Å². The largest absolute Gasteiger partial charge is 0.493 e. The van der Waals surface area contributed by atoms with Crippen LogP contribution in [0.25, 0.3) is 21.7 Å². The molecule has 11 heteroatoms. The Morgan fingerprint density at radius 2 is 1.60 bits per heavy atom. The van der Waals surface area contributed by atoms with Crippen molar-refractivity contribution in [1.29, 1.82) is 0 Å². The molecule has 0 atom stereocenters. The van der Waals surface area contributed by atoms with Crippen LogP contribution in [0.15, 0.2) is 57.7 Å². The highest BCUT2D eigenvalue weighted by atomic mass is 16.6. The number of ether oxygens (including phenoxy) is 5. The average molecular weight is 481 g/mol. The van der Waals surface area contributed by atoms with Gasteiger partial charge in [-0.25, -0.2) is 9.59 Å². The van der Waals surface area contributed by atoms with Crippen LogP contribution in [0.1, 0.15) is 0 Å². The molecule has 180 valence electrons. The van der Waals surface area contributed by atoms with Gasteiger partial charge in [-0.3, -0.25) is 10.1 Å². The Morgan fingerprint density at radius 1 is 0.914 bits per heavy atom. The van der Waals surface area contributed by atoms with Crippen LogP contribution >= 0.6 is 0 Å². The Bertz CT molecular complexity index is 1490. The second-order valence-corrected chi connectivity index (χ2v) is 7.13. The third-order valence-electron chi connectivity index (χ3n) is 5.11. The van der Waals surface area contributed by atoms with E-state index in [-0.39, 0.29) is 28.2 Å². The third kappa shape index (κ3) is 4.51. The van der Waals surface area contributed by atoms with E-state index in [0.717, 1.165) is 0 Å². The second kappa shape index (κ2) is 9.59. The van der Waals surface area contributed by atoms with Crippen LogP contribution in [0.5, 0.6) is 28.7 Å². The molecular formula is C24H19NO10. The van der Waals surface area contributed by atoms with Crippen LogP contribution < -0.4 is 29.3 Å². The van der Waals surface area contributed by atoms with Crippen LogP contribution in [0.3, 0.4) is 0 Å². The van der Waals surface area contributed by atoms with Gasteiger partial charge in [0, 0.05) is 29.0 Å². The molecule has 0 saturated carbocycles. The molecule has 4 aromatic rings. The van der Waals surface area contributed by atoms with Crippen LogP contribution in [-0.4, -0.2) is 38.8 Å². The van der Waals surface area contributed by atoms with Gasteiger partial charge in [0.1, 0.15) is 17.1 Å². The molecule has 0 aliphatic carbocycles. The molecule has 0 fully saturated rings. The average Bonchev–Trinajstić information content (AvgIpc) is 2.86. The summed E-state index contributed by atoms with van der Waals surface area (Å²) in [6, 6.07) is 11.3. The molecule has 0 radical (unpaired) electrons.